The predicted molar refractivity (Wildman–Crippen MR) is 165 cm³/mol. The molecule has 0 radical (unpaired) electrons. The number of ether oxygens (including phenoxy) is 2. The number of hydrogen-bond acceptors (Lipinski definition) is 8. The third kappa shape index (κ3) is 9.79. The zero-order chi connectivity index (χ0) is 30.2. The number of hydrogen-bond donors (Lipinski definition) is 1. The lowest BCUT2D eigenvalue weighted by Crippen LogP contribution is -2.23. The van der Waals surface area contributed by atoms with Crippen LogP contribution in [0.3, 0.4) is 0 Å². The van der Waals surface area contributed by atoms with E-state index in [0.717, 1.165) is 34.9 Å². The lowest BCUT2D eigenvalue weighted by Gasteiger charge is -2.28. The van der Waals surface area contributed by atoms with Gasteiger partial charge in [-0.2, -0.15) is 8.42 Å². The highest BCUT2D eigenvalue weighted by molar-refractivity contribution is 7.92. The Morgan fingerprint density at radius 3 is 2.00 bits per heavy atom. The number of nitrogens with one attached hydrogen (secondary N) is 1. The van der Waals surface area contributed by atoms with E-state index in [1.807, 2.05) is 61.5 Å². The lowest BCUT2D eigenvalue weighted by molar-refractivity contribution is 0.222. The summed E-state index contributed by atoms with van der Waals surface area (Å²) in [5.74, 6) is 1.74. The van der Waals surface area contributed by atoms with Crippen molar-refractivity contribution >= 4 is 31.5 Å². The van der Waals surface area contributed by atoms with Crippen molar-refractivity contribution in [3.63, 3.8) is 0 Å². The summed E-state index contributed by atoms with van der Waals surface area (Å²) >= 11 is 0. The first-order valence-corrected chi connectivity index (χ1v) is 16.9. The molecule has 0 atom stereocenters. The molecule has 0 bridgehead atoms. The molecular formula is C31H34N2O7S2. The summed E-state index contributed by atoms with van der Waals surface area (Å²) in [5.41, 5.74) is 4.48. The Bertz CT molecular complexity index is 1690. The SMILES string of the molecule is Cc1c(NS(C)(=O)=O)cccc1N(Cc1ccccc1)Cc1ccc(Oc2cccc(OCCOS(C)(=O)=O)c2)cc1. The van der Waals surface area contributed by atoms with Gasteiger partial charge in [-0.15, -0.1) is 0 Å². The van der Waals surface area contributed by atoms with Gasteiger partial charge in [-0.05, 0) is 60.0 Å². The van der Waals surface area contributed by atoms with Gasteiger partial charge in [-0.3, -0.25) is 8.91 Å². The summed E-state index contributed by atoms with van der Waals surface area (Å²) in [7, 11) is -6.94. The molecule has 4 rings (SSSR count). The second-order valence-corrected chi connectivity index (χ2v) is 13.2. The van der Waals surface area contributed by atoms with Crippen molar-refractivity contribution in [3.05, 3.63) is 114 Å². The van der Waals surface area contributed by atoms with Crippen molar-refractivity contribution in [2.45, 2.75) is 20.0 Å². The first kappa shape index (κ1) is 30.9. The van der Waals surface area contributed by atoms with Crippen molar-refractivity contribution in [1.82, 2.24) is 0 Å². The van der Waals surface area contributed by atoms with Gasteiger partial charge in [0, 0.05) is 24.8 Å². The van der Waals surface area contributed by atoms with E-state index in [1.54, 1.807) is 30.3 Å². The average molecular weight is 611 g/mol. The van der Waals surface area contributed by atoms with Crippen LogP contribution in [0.25, 0.3) is 0 Å². The van der Waals surface area contributed by atoms with Gasteiger partial charge in [0.1, 0.15) is 30.5 Å². The fourth-order valence-corrected chi connectivity index (χ4v) is 5.29. The molecule has 11 heteroatoms. The maximum atomic E-state index is 11.9. The first-order chi connectivity index (χ1) is 19.9. The average Bonchev–Trinajstić information content (AvgIpc) is 2.93. The Morgan fingerprint density at radius 2 is 1.33 bits per heavy atom. The Balaban J connectivity index is 1.48. The quantitative estimate of drug-likeness (QED) is 0.143. The van der Waals surface area contributed by atoms with Crippen LogP contribution in [0.4, 0.5) is 11.4 Å². The van der Waals surface area contributed by atoms with Crippen molar-refractivity contribution in [1.29, 1.82) is 0 Å². The molecule has 4 aromatic carbocycles. The summed E-state index contributed by atoms with van der Waals surface area (Å²) < 4.78 is 64.9. The molecule has 4 aromatic rings. The summed E-state index contributed by atoms with van der Waals surface area (Å²) in [6.07, 6.45) is 2.14. The van der Waals surface area contributed by atoms with Crippen LogP contribution in [0.5, 0.6) is 17.2 Å². The second kappa shape index (κ2) is 13.7. The minimum absolute atomic E-state index is 0.0787. The van der Waals surface area contributed by atoms with E-state index in [0.29, 0.717) is 36.0 Å². The molecule has 42 heavy (non-hydrogen) atoms. The maximum Gasteiger partial charge on any atom is 0.264 e. The van der Waals surface area contributed by atoms with Crippen LogP contribution < -0.4 is 19.1 Å². The maximum absolute atomic E-state index is 11.9. The van der Waals surface area contributed by atoms with Gasteiger partial charge < -0.3 is 14.4 Å². The van der Waals surface area contributed by atoms with Crippen LogP contribution in [0.15, 0.2) is 97.1 Å². The zero-order valence-electron chi connectivity index (χ0n) is 23.7. The normalized spacial score (nSPS) is 11.6. The van der Waals surface area contributed by atoms with Crippen LogP contribution in [-0.4, -0.2) is 42.6 Å². The molecule has 0 spiro atoms. The van der Waals surface area contributed by atoms with E-state index in [-0.39, 0.29) is 13.2 Å². The van der Waals surface area contributed by atoms with Gasteiger partial charge in [0.2, 0.25) is 10.0 Å². The molecule has 1 N–H and O–H groups in total. The van der Waals surface area contributed by atoms with E-state index >= 15 is 0 Å². The van der Waals surface area contributed by atoms with E-state index in [1.165, 1.54) is 0 Å². The summed E-state index contributed by atoms with van der Waals surface area (Å²) in [6, 6.07) is 30.5. The van der Waals surface area contributed by atoms with Crippen molar-refractivity contribution in [2.24, 2.45) is 0 Å². The fraction of sp³-hybridized carbons (Fsp3) is 0.226. The van der Waals surface area contributed by atoms with Gasteiger partial charge in [0.15, 0.2) is 0 Å². The molecular weight excluding hydrogens is 576 g/mol. The largest absolute Gasteiger partial charge is 0.491 e. The van der Waals surface area contributed by atoms with Gasteiger partial charge in [0.05, 0.1) is 18.2 Å². The first-order valence-electron chi connectivity index (χ1n) is 13.2. The molecule has 0 amide bonds. The number of anilines is 2. The van der Waals surface area contributed by atoms with Crippen molar-refractivity contribution < 1.29 is 30.5 Å². The molecule has 0 unspecified atom stereocenters. The summed E-state index contributed by atoms with van der Waals surface area (Å²) in [5, 5.41) is 0. The number of sulfonamides is 1. The standard InChI is InChI=1S/C31H34N2O7S2/c1-24-30(32-41(2,34)35)13-8-14-31(24)33(22-25-9-5-4-6-10-25)23-26-15-17-27(18-16-26)40-29-12-7-11-28(21-29)38-19-20-39-42(3,36)37/h4-18,21,32H,19-20,22-23H2,1-3H3. The van der Waals surface area contributed by atoms with Gasteiger partial charge in [-0.25, -0.2) is 8.42 Å². The Hall–Kier alpha value is -4.06. The predicted octanol–water partition coefficient (Wildman–Crippen LogP) is 5.72. The molecule has 0 aliphatic carbocycles. The Labute approximate surface area is 247 Å². The lowest BCUT2D eigenvalue weighted by atomic mass is 10.1. The third-order valence-electron chi connectivity index (χ3n) is 6.14. The minimum atomic E-state index is -3.51. The summed E-state index contributed by atoms with van der Waals surface area (Å²) in [4.78, 5) is 2.21. The summed E-state index contributed by atoms with van der Waals surface area (Å²) in [6.45, 7) is 3.12. The molecule has 0 saturated heterocycles. The van der Waals surface area contributed by atoms with E-state index < -0.39 is 20.1 Å². The van der Waals surface area contributed by atoms with Gasteiger partial charge >= 0.3 is 0 Å². The van der Waals surface area contributed by atoms with E-state index in [9.17, 15) is 16.8 Å². The van der Waals surface area contributed by atoms with Crippen LogP contribution in [0.2, 0.25) is 0 Å². The van der Waals surface area contributed by atoms with Gasteiger partial charge in [-0.1, -0.05) is 54.6 Å². The third-order valence-corrected chi connectivity index (χ3v) is 7.33. The monoisotopic (exact) mass is 610 g/mol. The van der Waals surface area contributed by atoms with E-state index in [4.69, 9.17) is 13.7 Å². The fourth-order valence-electron chi connectivity index (χ4n) is 4.30. The molecule has 0 saturated carbocycles. The number of nitrogens with zero attached hydrogens (tertiary/aromatic N) is 1. The zero-order valence-corrected chi connectivity index (χ0v) is 25.3. The molecule has 9 nitrogen and oxygen atoms in total. The highest BCUT2D eigenvalue weighted by Gasteiger charge is 2.15. The second-order valence-electron chi connectivity index (χ2n) is 9.76. The topological polar surface area (TPSA) is 111 Å². The van der Waals surface area contributed by atoms with Crippen LogP contribution in [-0.2, 0) is 37.4 Å². The minimum Gasteiger partial charge on any atom is -0.491 e. The van der Waals surface area contributed by atoms with Crippen molar-refractivity contribution in [2.75, 3.05) is 35.3 Å². The van der Waals surface area contributed by atoms with Crippen LogP contribution in [0, 0.1) is 6.92 Å². The molecule has 0 fully saturated rings. The van der Waals surface area contributed by atoms with Crippen molar-refractivity contribution in [3.8, 4) is 17.2 Å². The Morgan fingerprint density at radius 1 is 0.690 bits per heavy atom. The highest BCUT2D eigenvalue weighted by Crippen LogP contribution is 2.31. The number of rotatable bonds is 14. The molecule has 0 aromatic heterocycles. The highest BCUT2D eigenvalue weighted by atomic mass is 32.2. The molecule has 0 aliphatic heterocycles. The number of benzene rings is 4. The van der Waals surface area contributed by atoms with E-state index in [2.05, 4.69) is 21.8 Å². The molecule has 0 aliphatic rings. The van der Waals surface area contributed by atoms with Gasteiger partial charge in [0.25, 0.3) is 10.1 Å². The molecule has 222 valence electrons. The smallest absolute Gasteiger partial charge is 0.264 e. The molecule has 0 heterocycles. The van der Waals surface area contributed by atoms with Crippen LogP contribution >= 0.6 is 0 Å². The van der Waals surface area contributed by atoms with Crippen LogP contribution in [0.1, 0.15) is 16.7 Å². The Kier molecular flexibility index (Phi) is 10.1.